The third-order valence-corrected chi connectivity index (χ3v) is 4.78. The molecule has 0 radical (unpaired) electrons. The van der Waals surface area contributed by atoms with E-state index in [0.717, 1.165) is 16.9 Å². The normalized spacial score (nSPS) is 11.9. The summed E-state index contributed by atoms with van der Waals surface area (Å²) in [6.07, 6.45) is 0.531. The summed E-state index contributed by atoms with van der Waals surface area (Å²) in [6, 6.07) is 14.2. The molecular weight excluding hydrogens is 354 g/mol. The van der Waals surface area contributed by atoms with Crippen molar-refractivity contribution in [2.45, 2.75) is 23.8 Å². The van der Waals surface area contributed by atoms with Crippen molar-refractivity contribution < 1.29 is 14.1 Å². The predicted octanol–water partition coefficient (Wildman–Crippen LogP) is 4.43. The molecule has 0 N–H and O–H groups in total. The largest absolute Gasteiger partial charge is 0.497 e. The Hall–Kier alpha value is -2.87. The lowest BCUT2D eigenvalue weighted by molar-refractivity contribution is -0.384. The van der Waals surface area contributed by atoms with Crippen LogP contribution in [0.15, 0.2) is 58.2 Å². The minimum atomic E-state index is -0.402. The molecule has 3 aromatic rings. The summed E-state index contributed by atoms with van der Waals surface area (Å²) >= 11 is 1.37. The van der Waals surface area contributed by atoms with Gasteiger partial charge in [0.05, 0.1) is 18.5 Å². The van der Waals surface area contributed by atoms with Crippen LogP contribution < -0.4 is 4.74 Å². The molecule has 3 rings (SSSR count). The highest BCUT2D eigenvalue weighted by Gasteiger charge is 2.16. The second-order valence-corrected chi connectivity index (χ2v) is 6.89. The Morgan fingerprint density at radius 2 is 2.00 bits per heavy atom. The van der Waals surface area contributed by atoms with Crippen LogP contribution in [0.4, 0.5) is 5.69 Å². The molecular formula is C18H17N3O4S. The summed E-state index contributed by atoms with van der Waals surface area (Å²) in [5, 5.41) is 19.4. The molecule has 0 aliphatic carbocycles. The van der Waals surface area contributed by atoms with E-state index in [4.69, 9.17) is 9.15 Å². The van der Waals surface area contributed by atoms with Crippen molar-refractivity contribution in [2.75, 3.05) is 7.11 Å². The van der Waals surface area contributed by atoms with Crippen LogP contribution in [0.2, 0.25) is 0 Å². The van der Waals surface area contributed by atoms with Crippen molar-refractivity contribution in [3.05, 3.63) is 75.7 Å². The number of non-ortho nitro benzene ring substituents is 1. The van der Waals surface area contributed by atoms with Crippen LogP contribution in [0.3, 0.4) is 0 Å². The van der Waals surface area contributed by atoms with Crippen LogP contribution in [-0.2, 0) is 6.42 Å². The quantitative estimate of drug-likeness (QED) is 0.345. The third kappa shape index (κ3) is 4.40. The first kappa shape index (κ1) is 17.9. The zero-order valence-corrected chi connectivity index (χ0v) is 15.1. The molecule has 1 unspecified atom stereocenters. The number of hydrogen-bond donors (Lipinski definition) is 0. The average Bonchev–Trinajstić information content (AvgIpc) is 3.09. The van der Waals surface area contributed by atoms with E-state index >= 15 is 0 Å². The van der Waals surface area contributed by atoms with Crippen LogP contribution in [0.25, 0.3) is 0 Å². The molecule has 2 aromatic carbocycles. The van der Waals surface area contributed by atoms with Gasteiger partial charge >= 0.3 is 0 Å². The number of thioether (sulfide) groups is 1. The van der Waals surface area contributed by atoms with Gasteiger partial charge in [-0.3, -0.25) is 10.1 Å². The highest BCUT2D eigenvalue weighted by molar-refractivity contribution is 7.99. The summed E-state index contributed by atoms with van der Waals surface area (Å²) in [5.74, 6) is 1.31. The SMILES string of the molecule is COc1ccc(Cc2nnc(SC(C)c3cccc([N+](=O)[O-])c3)o2)cc1. The number of nitro groups is 1. The molecule has 8 heteroatoms. The second-order valence-electron chi connectivity index (χ2n) is 5.60. The van der Waals surface area contributed by atoms with Crippen LogP contribution in [-0.4, -0.2) is 22.2 Å². The highest BCUT2D eigenvalue weighted by atomic mass is 32.2. The Bertz CT molecular complexity index is 895. The summed E-state index contributed by atoms with van der Waals surface area (Å²) in [4.78, 5) is 10.5. The molecule has 0 bridgehead atoms. The van der Waals surface area contributed by atoms with Crippen molar-refractivity contribution in [3.63, 3.8) is 0 Å². The number of aromatic nitrogens is 2. The van der Waals surface area contributed by atoms with Crippen molar-refractivity contribution in [2.24, 2.45) is 0 Å². The Balaban J connectivity index is 1.65. The lowest BCUT2D eigenvalue weighted by Crippen LogP contribution is -1.92. The second kappa shape index (κ2) is 8.01. The number of rotatable bonds is 7. The first-order valence-corrected chi connectivity index (χ1v) is 8.79. The zero-order valence-electron chi connectivity index (χ0n) is 14.3. The van der Waals surface area contributed by atoms with Crippen molar-refractivity contribution >= 4 is 17.4 Å². The molecule has 0 amide bonds. The molecule has 7 nitrogen and oxygen atoms in total. The fraction of sp³-hybridized carbons (Fsp3) is 0.222. The van der Waals surface area contributed by atoms with Gasteiger partial charge in [0.25, 0.3) is 10.9 Å². The van der Waals surface area contributed by atoms with Gasteiger partial charge in [-0.1, -0.05) is 36.0 Å². The molecule has 26 heavy (non-hydrogen) atoms. The number of nitrogens with zero attached hydrogens (tertiary/aromatic N) is 3. The van der Waals surface area contributed by atoms with E-state index in [1.165, 1.54) is 17.8 Å². The van der Waals surface area contributed by atoms with Gasteiger partial charge in [0.2, 0.25) is 5.89 Å². The zero-order chi connectivity index (χ0) is 18.5. The highest BCUT2D eigenvalue weighted by Crippen LogP contribution is 2.35. The third-order valence-electron chi connectivity index (χ3n) is 3.79. The van der Waals surface area contributed by atoms with Gasteiger partial charge in [-0.2, -0.15) is 0 Å². The van der Waals surface area contributed by atoms with Crippen LogP contribution >= 0.6 is 11.8 Å². The fourth-order valence-electron chi connectivity index (χ4n) is 2.39. The predicted molar refractivity (Wildman–Crippen MR) is 97.5 cm³/mol. The first-order chi connectivity index (χ1) is 12.5. The van der Waals surface area contributed by atoms with Gasteiger partial charge in [0, 0.05) is 17.4 Å². The maximum absolute atomic E-state index is 10.9. The average molecular weight is 371 g/mol. The topological polar surface area (TPSA) is 91.3 Å². The molecule has 0 saturated heterocycles. The van der Waals surface area contributed by atoms with Crippen molar-refractivity contribution in [1.29, 1.82) is 0 Å². The Morgan fingerprint density at radius 3 is 2.69 bits per heavy atom. The molecule has 0 spiro atoms. The van der Waals surface area contributed by atoms with Gasteiger partial charge in [0.1, 0.15) is 5.75 Å². The van der Waals surface area contributed by atoms with Gasteiger partial charge < -0.3 is 9.15 Å². The van der Waals surface area contributed by atoms with Crippen LogP contribution in [0.1, 0.15) is 29.2 Å². The molecule has 1 aromatic heterocycles. The summed E-state index contributed by atoms with van der Waals surface area (Å²) in [7, 11) is 1.62. The molecule has 0 aliphatic heterocycles. The summed E-state index contributed by atoms with van der Waals surface area (Å²) in [6.45, 7) is 1.94. The van der Waals surface area contributed by atoms with E-state index in [-0.39, 0.29) is 10.9 Å². The van der Waals surface area contributed by atoms with Gasteiger partial charge in [-0.25, -0.2) is 0 Å². The molecule has 0 fully saturated rings. The summed E-state index contributed by atoms with van der Waals surface area (Å²) in [5.41, 5.74) is 1.94. The maximum Gasteiger partial charge on any atom is 0.277 e. The molecule has 1 heterocycles. The van der Waals surface area contributed by atoms with E-state index in [0.29, 0.717) is 17.5 Å². The van der Waals surface area contributed by atoms with Gasteiger partial charge in [-0.15, -0.1) is 10.2 Å². The van der Waals surface area contributed by atoms with Gasteiger partial charge in [0.15, 0.2) is 0 Å². The lowest BCUT2D eigenvalue weighted by Gasteiger charge is -2.08. The molecule has 0 saturated carbocycles. The summed E-state index contributed by atoms with van der Waals surface area (Å²) < 4.78 is 10.8. The van der Waals surface area contributed by atoms with E-state index in [9.17, 15) is 10.1 Å². The van der Waals surface area contributed by atoms with E-state index < -0.39 is 4.92 Å². The van der Waals surface area contributed by atoms with Crippen molar-refractivity contribution in [3.8, 4) is 5.75 Å². The lowest BCUT2D eigenvalue weighted by atomic mass is 10.1. The molecule has 0 aliphatic rings. The molecule has 1 atom stereocenters. The number of benzene rings is 2. The number of nitro benzene ring substituents is 1. The standard InChI is InChI=1S/C18H17N3O4S/c1-12(14-4-3-5-15(11-14)21(22)23)26-18-20-19-17(25-18)10-13-6-8-16(24-2)9-7-13/h3-9,11-12H,10H2,1-2H3. The Kier molecular flexibility index (Phi) is 5.52. The molecule has 134 valence electrons. The minimum Gasteiger partial charge on any atom is -0.497 e. The minimum absolute atomic E-state index is 0.0517. The Morgan fingerprint density at radius 1 is 1.23 bits per heavy atom. The number of hydrogen-bond acceptors (Lipinski definition) is 7. The van der Waals surface area contributed by atoms with Gasteiger partial charge in [-0.05, 0) is 30.2 Å². The fourth-order valence-corrected chi connectivity index (χ4v) is 3.20. The number of ether oxygens (including phenoxy) is 1. The van der Waals surface area contributed by atoms with E-state index in [1.54, 1.807) is 19.2 Å². The maximum atomic E-state index is 10.9. The Labute approximate surface area is 154 Å². The van der Waals surface area contributed by atoms with E-state index in [2.05, 4.69) is 10.2 Å². The smallest absolute Gasteiger partial charge is 0.277 e. The van der Waals surface area contributed by atoms with Crippen LogP contribution in [0.5, 0.6) is 5.75 Å². The number of methoxy groups -OCH3 is 1. The monoisotopic (exact) mass is 371 g/mol. The van der Waals surface area contributed by atoms with E-state index in [1.807, 2.05) is 37.3 Å². The first-order valence-electron chi connectivity index (χ1n) is 7.91. The van der Waals surface area contributed by atoms with Crippen molar-refractivity contribution in [1.82, 2.24) is 10.2 Å². The van der Waals surface area contributed by atoms with Crippen LogP contribution in [0, 0.1) is 10.1 Å².